The zero-order chi connectivity index (χ0) is 12.4. The lowest BCUT2D eigenvalue weighted by atomic mass is 10.0. The summed E-state index contributed by atoms with van der Waals surface area (Å²) < 4.78 is 0. The van der Waals surface area contributed by atoms with Gasteiger partial charge in [0, 0.05) is 11.3 Å². The van der Waals surface area contributed by atoms with E-state index >= 15 is 0 Å². The highest BCUT2D eigenvalue weighted by atomic mass is 35.5. The predicted octanol–water partition coefficient (Wildman–Crippen LogP) is 4.68. The van der Waals surface area contributed by atoms with Crippen molar-refractivity contribution in [3.63, 3.8) is 0 Å². The number of benzene rings is 1. The van der Waals surface area contributed by atoms with Gasteiger partial charge in [-0.05, 0) is 49.4 Å². The van der Waals surface area contributed by atoms with E-state index < -0.39 is 0 Å². The maximum atomic E-state index is 6.21. The molecule has 1 nitrogen and oxygen atoms in total. The summed E-state index contributed by atoms with van der Waals surface area (Å²) in [5.74, 6) is 0.654. The predicted molar refractivity (Wildman–Crippen MR) is 75.3 cm³/mol. The van der Waals surface area contributed by atoms with Crippen molar-refractivity contribution in [1.29, 1.82) is 0 Å². The largest absolute Gasteiger partial charge is 0.236 e. The average molecular weight is 268 g/mol. The second-order valence-electron chi connectivity index (χ2n) is 4.33. The lowest BCUT2D eigenvalue weighted by molar-refractivity contribution is 0.924. The van der Waals surface area contributed by atoms with Gasteiger partial charge < -0.3 is 0 Å². The second kappa shape index (κ2) is 5.24. The lowest BCUT2D eigenvalue weighted by Gasteiger charge is -2.09. The molecule has 0 aliphatic rings. The van der Waals surface area contributed by atoms with Crippen molar-refractivity contribution in [2.45, 2.75) is 26.7 Å². The molecule has 0 amide bonds. The molecule has 17 heavy (non-hydrogen) atoms. The van der Waals surface area contributed by atoms with Crippen molar-refractivity contribution < 1.29 is 0 Å². The molecule has 0 spiro atoms. The number of hydrogen-bond acceptors (Lipinski definition) is 1. The smallest absolute Gasteiger partial charge is 0.132 e. The van der Waals surface area contributed by atoms with Crippen LogP contribution < -0.4 is 0 Å². The summed E-state index contributed by atoms with van der Waals surface area (Å²) in [6, 6.07) is 6.36. The average Bonchev–Trinajstić information content (AvgIpc) is 2.32. The first-order valence-corrected chi connectivity index (χ1v) is 6.66. The molecule has 2 rings (SSSR count). The van der Waals surface area contributed by atoms with Gasteiger partial charge in [0.1, 0.15) is 5.15 Å². The van der Waals surface area contributed by atoms with E-state index in [9.17, 15) is 0 Å². The van der Waals surface area contributed by atoms with E-state index in [2.05, 4.69) is 37.0 Å². The van der Waals surface area contributed by atoms with Gasteiger partial charge in [0.05, 0.1) is 5.52 Å². The number of halogens is 2. The van der Waals surface area contributed by atoms with Crippen LogP contribution in [0.15, 0.2) is 18.2 Å². The zero-order valence-electron chi connectivity index (χ0n) is 10.1. The van der Waals surface area contributed by atoms with Crippen molar-refractivity contribution in [1.82, 2.24) is 4.98 Å². The third kappa shape index (κ3) is 2.56. The van der Waals surface area contributed by atoms with E-state index in [1.165, 1.54) is 10.9 Å². The lowest BCUT2D eigenvalue weighted by Crippen LogP contribution is -1.94. The van der Waals surface area contributed by atoms with E-state index in [0.717, 1.165) is 29.5 Å². The van der Waals surface area contributed by atoms with Crippen LogP contribution in [0.25, 0.3) is 10.9 Å². The fourth-order valence-electron chi connectivity index (χ4n) is 1.98. The summed E-state index contributed by atoms with van der Waals surface area (Å²) in [4.78, 5) is 4.51. The van der Waals surface area contributed by atoms with Crippen LogP contribution in [0, 0.1) is 13.8 Å². The molecular weight excluding hydrogens is 253 g/mol. The highest BCUT2D eigenvalue weighted by Gasteiger charge is 2.08. The minimum atomic E-state index is 0.608. The van der Waals surface area contributed by atoms with Gasteiger partial charge in [-0.15, -0.1) is 11.6 Å². The van der Waals surface area contributed by atoms with E-state index in [1.807, 2.05) is 0 Å². The molecule has 0 saturated heterocycles. The minimum absolute atomic E-state index is 0.608. The molecule has 2 aromatic rings. The van der Waals surface area contributed by atoms with Crippen LogP contribution in [0.4, 0.5) is 0 Å². The van der Waals surface area contributed by atoms with Crippen molar-refractivity contribution in [2.24, 2.45) is 0 Å². The fourth-order valence-corrected chi connectivity index (χ4v) is 2.35. The minimum Gasteiger partial charge on any atom is -0.236 e. The Bertz CT molecular complexity index is 549. The van der Waals surface area contributed by atoms with Gasteiger partial charge in [-0.1, -0.05) is 23.7 Å². The van der Waals surface area contributed by atoms with Crippen LogP contribution >= 0.6 is 23.2 Å². The normalized spacial score (nSPS) is 11.1. The third-order valence-electron chi connectivity index (χ3n) is 3.01. The van der Waals surface area contributed by atoms with Crippen LogP contribution in [-0.2, 0) is 6.42 Å². The van der Waals surface area contributed by atoms with Crippen LogP contribution in [0.2, 0.25) is 5.15 Å². The number of pyridine rings is 1. The number of rotatable bonds is 3. The summed E-state index contributed by atoms with van der Waals surface area (Å²) >= 11 is 11.9. The Morgan fingerprint density at radius 1 is 1.18 bits per heavy atom. The van der Waals surface area contributed by atoms with Crippen molar-refractivity contribution in [3.8, 4) is 0 Å². The molecule has 3 heteroatoms. The Balaban J connectivity index is 2.59. The summed E-state index contributed by atoms with van der Waals surface area (Å²) in [6.45, 7) is 4.16. The monoisotopic (exact) mass is 267 g/mol. The van der Waals surface area contributed by atoms with Gasteiger partial charge in [0.2, 0.25) is 0 Å². The molecule has 90 valence electrons. The molecule has 0 radical (unpaired) electrons. The van der Waals surface area contributed by atoms with Gasteiger partial charge in [0.25, 0.3) is 0 Å². The molecule has 1 heterocycles. The molecule has 0 unspecified atom stereocenters. The first-order valence-electron chi connectivity index (χ1n) is 5.75. The fraction of sp³-hybridized carbons (Fsp3) is 0.357. The Hall–Kier alpha value is -0.790. The van der Waals surface area contributed by atoms with Gasteiger partial charge in [0.15, 0.2) is 0 Å². The van der Waals surface area contributed by atoms with Crippen molar-refractivity contribution >= 4 is 34.1 Å². The number of aromatic nitrogens is 1. The summed E-state index contributed by atoms with van der Waals surface area (Å²) in [7, 11) is 0. The Kier molecular flexibility index (Phi) is 3.90. The summed E-state index contributed by atoms with van der Waals surface area (Å²) in [5.41, 5.74) is 4.50. The Morgan fingerprint density at radius 2 is 1.88 bits per heavy atom. The molecule has 0 saturated carbocycles. The summed E-state index contributed by atoms with van der Waals surface area (Å²) in [6.07, 6.45) is 1.82. The molecule has 0 aliphatic heterocycles. The standard InChI is InChI=1S/C14H15Cl2N/c1-9-5-6-10(2)13-12(9)8-11(4-3-7-15)14(16)17-13/h5-6,8H,3-4,7H2,1-2H3. The van der Waals surface area contributed by atoms with Crippen LogP contribution in [0.5, 0.6) is 0 Å². The first-order chi connectivity index (χ1) is 8.13. The third-order valence-corrected chi connectivity index (χ3v) is 3.60. The second-order valence-corrected chi connectivity index (χ2v) is 5.06. The van der Waals surface area contributed by atoms with Gasteiger partial charge in [-0.3, -0.25) is 0 Å². The molecule has 0 N–H and O–H groups in total. The first kappa shape index (κ1) is 12.7. The maximum Gasteiger partial charge on any atom is 0.132 e. The van der Waals surface area contributed by atoms with E-state index in [-0.39, 0.29) is 0 Å². The number of nitrogens with zero attached hydrogens (tertiary/aromatic N) is 1. The molecule has 0 fully saturated rings. The van der Waals surface area contributed by atoms with Crippen molar-refractivity contribution in [2.75, 3.05) is 5.88 Å². The van der Waals surface area contributed by atoms with Crippen LogP contribution in [0.1, 0.15) is 23.1 Å². The maximum absolute atomic E-state index is 6.21. The zero-order valence-corrected chi connectivity index (χ0v) is 11.6. The van der Waals surface area contributed by atoms with Crippen LogP contribution in [-0.4, -0.2) is 10.9 Å². The highest BCUT2D eigenvalue weighted by molar-refractivity contribution is 6.30. The highest BCUT2D eigenvalue weighted by Crippen LogP contribution is 2.26. The number of hydrogen-bond donors (Lipinski definition) is 0. The van der Waals surface area contributed by atoms with E-state index in [1.54, 1.807) is 0 Å². The van der Waals surface area contributed by atoms with Gasteiger partial charge >= 0.3 is 0 Å². The van der Waals surface area contributed by atoms with E-state index in [0.29, 0.717) is 11.0 Å². The summed E-state index contributed by atoms with van der Waals surface area (Å²) in [5, 5.41) is 1.80. The molecular formula is C14H15Cl2N. The molecule has 0 bridgehead atoms. The molecule has 1 aromatic heterocycles. The van der Waals surface area contributed by atoms with Gasteiger partial charge in [-0.2, -0.15) is 0 Å². The quantitative estimate of drug-likeness (QED) is 0.582. The molecule has 1 aromatic carbocycles. The number of fused-ring (bicyclic) bond motifs is 1. The molecule has 0 aliphatic carbocycles. The van der Waals surface area contributed by atoms with Gasteiger partial charge in [-0.25, -0.2) is 4.98 Å². The van der Waals surface area contributed by atoms with Crippen LogP contribution in [0.3, 0.4) is 0 Å². The van der Waals surface area contributed by atoms with E-state index in [4.69, 9.17) is 23.2 Å². The van der Waals surface area contributed by atoms with Crippen molar-refractivity contribution in [3.05, 3.63) is 40.0 Å². The Labute approximate surface area is 112 Å². The molecule has 0 atom stereocenters. The Morgan fingerprint density at radius 3 is 2.59 bits per heavy atom. The SMILES string of the molecule is Cc1ccc(C)c2nc(Cl)c(CCCCl)cc12. The number of alkyl halides is 1. The number of aryl methyl sites for hydroxylation is 3. The topological polar surface area (TPSA) is 12.9 Å².